The molecule has 296 valence electrons. The normalized spacial score (nSPS) is 11.8. The Kier molecular flexibility index (Phi) is 9.09. The molecule has 0 bridgehead atoms. The van der Waals surface area contributed by atoms with Gasteiger partial charge in [0.1, 0.15) is 28.6 Å². The minimum Gasteiger partial charge on any atom is -0.455 e. The van der Waals surface area contributed by atoms with Gasteiger partial charge in [-0.25, -0.2) is 13.2 Å². The molecule has 10 aromatic carbocycles. The van der Waals surface area contributed by atoms with Crippen LogP contribution in [0.5, 0.6) is 0 Å². The van der Waals surface area contributed by atoms with E-state index in [1.807, 2.05) is 54.6 Å². The molecule has 0 saturated carbocycles. The van der Waals surface area contributed by atoms with Gasteiger partial charge in [0.15, 0.2) is 8.07 Å². The lowest BCUT2D eigenvalue weighted by molar-refractivity contribution is 0.628. The fourth-order valence-corrected chi connectivity index (χ4v) is 14.0. The second-order valence-electron chi connectivity index (χ2n) is 15.6. The Hall–Kier alpha value is -7.67. The fourth-order valence-electron chi connectivity index (χ4n) is 9.37. The number of anilines is 3. The van der Waals surface area contributed by atoms with E-state index in [4.69, 9.17) is 4.42 Å². The predicted molar refractivity (Wildman–Crippen MR) is 252 cm³/mol. The number of halogens is 3. The second-order valence-corrected chi connectivity index (χ2v) is 19.5. The van der Waals surface area contributed by atoms with Gasteiger partial charge < -0.3 is 9.32 Å². The van der Waals surface area contributed by atoms with Gasteiger partial charge in [0.25, 0.3) is 0 Å². The predicted octanol–water partition coefficient (Wildman–Crippen LogP) is 12.8. The number of furan rings is 1. The van der Waals surface area contributed by atoms with Crippen LogP contribution >= 0.6 is 0 Å². The highest BCUT2D eigenvalue weighted by molar-refractivity contribution is 7.19. The molecule has 6 heteroatoms. The number of hydrogen-bond acceptors (Lipinski definition) is 2. The summed E-state index contributed by atoms with van der Waals surface area (Å²) < 4.78 is 50.4. The molecule has 0 amide bonds. The van der Waals surface area contributed by atoms with Gasteiger partial charge in [-0.05, 0) is 122 Å². The van der Waals surface area contributed by atoms with Crippen LogP contribution in [0.2, 0.25) is 0 Å². The van der Waals surface area contributed by atoms with E-state index in [1.54, 1.807) is 0 Å². The third kappa shape index (κ3) is 6.18. The third-order valence-corrected chi connectivity index (χ3v) is 17.0. The van der Waals surface area contributed by atoms with Crippen molar-refractivity contribution in [3.8, 4) is 11.1 Å². The van der Waals surface area contributed by atoms with E-state index in [9.17, 15) is 13.2 Å². The molecule has 1 aromatic heterocycles. The van der Waals surface area contributed by atoms with E-state index < -0.39 is 8.07 Å². The summed E-state index contributed by atoms with van der Waals surface area (Å²) in [6.07, 6.45) is 0. The lowest BCUT2D eigenvalue weighted by Gasteiger charge is -2.35. The first-order valence-corrected chi connectivity index (χ1v) is 22.6. The molecule has 0 aliphatic carbocycles. The van der Waals surface area contributed by atoms with Crippen LogP contribution in [0.1, 0.15) is 0 Å². The number of benzene rings is 10. The van der Waals surface area contributed by atoms with Crippen molar-refractivity contribution in [2.75, 3.05) is 4.90 Å². The van der Waals surface area contributed by atoms with Crippen LogP contribution in [0.3, 0.4) is 0 Å². The van der Waals surface area contributed by atoms with E-state index in [0.29, 0.717) is 0 Å². The summed E-state index contributed by atoms with van der Waals surface area (Å²) in [6, 6.07) is 70.4. The summed E-state index contributed by atoms with van der Waals surface area (Å²) in [5.74, 6) is -1.08. The quantitative estimate of drug-likeness (QED) is 0.112. The van der Waals surface area contributed by atoms with Crippen molar-refractivity contribution in [2.24, 2.45) is 0 Å². The zero-order chi connectivity index (χ0) is 41.8. The number of nitrogens with zero attached hydrogens (tertiary/aromatic N) is 1. The lowest BCUT2D eigenvalue weighted by atomic mass is 9.96. The third-order valence-electron chi connectivity index (χ3n) is 12.2. The van der Waals surface area contributed by atoms with Crippen molar-refractivity contribution in [3.05, 3.63) is 236 Å². The minimum atomic E-state index is -3.28. The Bertz CT molecular complexity index is 3310. The number of fused-ring (bicyclic) bond motifs is 6. The Morgan fingerprint density at radius 1 is 0.371 bits per heavy atom. The van der Waals surface area contributed by atoms with Gasteiger partial charge in [0.2, 0.25) is 0 Å². The van der Waals surface area contributed by atoms with Gasteiger partial charge in [0.05, 0.1) is 5.69 Å². The molecule has 0 aliphatic rings. The first kappa shape index (κ1) is 37.3. The molecule has 0 fully saturated rings. The van der Waals surface area contributed by atoms with Gasteiger partial charge in [-0.2, -0.15) is 0 Å². The van der Waals surface area contributed by atoms with Crippen molar-refractivity contribution < 1.29 is 17.6 Å². The summed E-state index contributed by atoms with van der Waals surface area (Å²) in [5.41, 5.74) is 6.76. The smallest absolute Gasteiger partial charge is 0.179 e. The van der Waals surface area contributed by atoms with E-state index in [0.717, 1.165) is 92.4 Å². The molecule has 2 nitrogen and oxygen atoms in total. The average Bonchev–Trinajstić information content (AvgIpc) is 3.70. The summed E-state index contributed by atoms with van der Waals surface area (Å²) in [7, 11) is -3.28. The van der Waals surface area contributed by atoms with Gasteiger partial charge in [0, 0.05) is 32.9 Å². The maximum absolute atomic E-state index is 14.6. The van der Waals surface area contributed by atoms with E-state index in [-0.39, 0.29) is 17.5 Å². The molecule has 62 heavy (non-hydrogen) atoms. The largest absolute Gasteiger partial charge is 0.455 e. The molecule has 0 unspecified atom stereocenters. The molecule has 0 atom stereocenters. The number of rotatable bonds is 8. The van der Waals surface area contributed by atoms with Gasteiger partial charge in [-0.1, -0.05) is 140 Å². The molecular weight excluding hydrogens is 788 g/mol. The van der Waals surface area contributed by atoms with Crippen LogP contribution in [0, 0.1) is 17.5 Å². The molecule has 0 saturated heterocycles. The Morgan fingerprint density at radius 3 is 1.50 bits per heavy atom. The van der Waals surface area contributed by atoms with Crippen LogP contribution in [-0.4, -0.2) is 8.07 Å². The SMILES string of the molecule is Fc1ccc([Si](c2ccc(F)cc2)(c2ccc(F)cc2)c2ccc(N(c3ccc4oc5c6ccccc6ccc5c4c3)c3ccc(-c4ccccc4)c4ccccc34)cc2)cc1. The van der Waals surface area contributed by atoms with Gasteiger partial charge >= 0.3 is 0 Å². The Balaban J connectivity index is 1.15. The van der Waals surface area contributed by atoms with Crippen molar-refractivity contribution in [2.45, 2.75) is 0 Å². The van der Waals surface area contributed by atoms with Crippen LogP contribution < -0.4 is 25.6 Å². The molecular formula is C56H36F3NOSi. The first-order chi connectivity index (χ1) is 30.5. The van der Waals surface area contributed by atoms with Gasteiger partial charge in [-0.3, -0.25) is 0 Å². The van der Waals surface area contributed by atoms with Crippen molar-refractivity contribution in [1.29, 1.82) is 0 Å². The van der Waals surface area contributed by atoms with Crippen LogP contribution in [0.25, 0.3) is 54.6 Å². The van der Waals surface area contributed by atoms with Crippen molar-refractivity contribution in [3.63, 3.8) is 0 Å². The van der Waals surface area contributed by atoms with Crippen LogP contribution in [0.15, 0.2) is 223 Å². The highest BCUT2D eigenvalue weighted by atomic mass is 28.3. The van der Waals surface area contributed by atoms with Gasteiger partial charge in [-0.15, -0.1) is 0 Å². The maximum atomic E-state index is 14.6. The highest BCUT2D eigenvalue weighted by Crippen LogP contribution is 2.44. The minimum absolute atomic E-state index is 0.359. The second kappa shape index (κ2) is 15.1. The zero-order valence-corrected chi connectivity index (χ0v) is 34.3. The highest BCUT2D eigenvalue weighted by Gasteiger charge is 2.42. The van der Waals surface area contributed by atoms with Crippen LogP contribution in [0.4, 0.5) is 30.2 Å². The molecule has 0 N–H and O–H groups in total. The molecule has 0 radical (unpaired) electrons. The standard InChI is InChI=1S/C56H36F3NOSi/c57-39-15-24-44(25-16-39)62(45-26-17-40(58)18-27-45,46-28-19-41(59)20-29-46)47-30-21-42(22-31-47)60(54-34-33-48(37-8-2-1-3-9-37)50-12-6-7-13-51(50)54)43-23-35-55-53(36-43)52-32-14-38-10-4-5-11-49(38)56(52)61-55/h1-36H. The summed E-state index contributed by atoms with van der Waals surface area (Å²) >= 11 is 0. The van der Waals surface area contributed by atoms with E-state index >= 15 is 0 Å². The monoisotopic (exact) mass is 823 g/mol. The Morgan fingerprint density at radius 2 is 0.887 bits per heavy atom. The Labute approximate surface area is 357 Å². The summed E-state index contributed by atoms with van der Waals surface area (Å²) in [4.78, 5) is 2.29. The van der Waals surface area contributed by atoms with E-state index in [1.165, 1.54) is 36.4 Å². The summed E-state index contributed by atoms with van der Waals surface area (Å²) in [6.45, 7) is 0. The molecule has 1 heterocycles. The number of hydrogen-bond donors (Lipinski definition) is 0. The van der Waals surface area contributed by atoms with Crippen LogP contribution in [-0.2, 0) is 0 Å². The van der Waals surface area contributed by atoms with E-state index in [2.05, 4.69) is 132 Å². The molecule has 0 spiro atoms. The first-order valence-electron chi connectivity index (χ1n) is 20.6. The topological polar surface area (TPSA) is 16.4 Å². The molecule has 11 aromatic rings. The lowest BCUT2D eigenvalue weighted by Crippen LogP contribution is -2.74. The summed E-state index contributed by atoms with van der Waals surface area (Å²) in [5, 5.41) is 10.0. The van der Waals surface area contributed by atoms with Crippen molar-refractivity contribution >= 4 is 89.4 Å². The van der Waals surface area contributed by atoms with Crippen molar-refractivity contribution in [1.82, 2.24) is 0 Å². The zero-order valence-electron chi connectivity index (χ0n) is 33.3. The average molecular weight is 824 g/mol. The fraction of sp³-hybridized carbons (Fsp3) is 0. The maximum Gasteiger partial charge on any atom is 0.179 e. The molecule has 0 aliphatic heterocycles. The molecule has 11 rings (SSSR count).